The minimum absolute atomic E-state index is 0.0101. The van der Waals surface area contributed by atoms with E-state index in [-0.39, 0.29) is 101 Å². The molecule has 2 aliphatic carbocycles. The highest BCUT2D eigenvalue weighted by Gasteiger charge is 2.38. The van der Waals surface area contributed by atoms with Crippen molar-refractivity contribution in [2.45, 2.75) is 51.3 Å². The number of nitrogens with zero attached hydrogens (tertiary/aromatic N) is 4. The van der Waals surface area contributed by atoms with Gasteiger partial charge in [-0.3, -0.25) is 39.6 Å². The summed E-state index contributed by atoms with van der Waals surface area (Å²) in [5.74, 6) is -7.78. The summed E-state index contributed by atoms with van der Waals surface area (Å²) < 4.78 is 57.2. The predicted octanol–water partition coefficient (Wildman–Crippen LogP) is 2.06. The maximum atomic E-state index is 13.9. The number of ketones is 4. The van der Waals surface area contributed by atoms with Gasteiger partial charge >= 0.3 is 0 Å². The van der Waals surface area contributed by atoms with E-state index in [1.54, 1.807) is 27.7 Å². The van der Waals surface area contributed by atoms with Gasteiger partial charge in [0.1, 0.15) is 11.5 Å². The summed E-state index contributed by atoms with van der Waals surface area (Å²) in [5, 5.41) is 24.3. The van der Waals surface area contributed by atoms with Gasteiger partial charge in [-0.1, -0.05) is 27.7 Å². The fourth-order valence-electron chi connectivity index (χ4n) is 8.74. The molecule has 0 atom stereocenters. The SMILES string of the molecule is Cc1c(-c2c(C)c(NNc3ccc(S(=O)(=O)Nc4ncccn4)cc3)c3c(c2O)=C(C=O)C(=O)C(=O)C=3C(C)C)c(O)c2c(c1NNc1ccc(S(=O)(=O)Nc3ncccn3)cc1)=C(C(C)C)C(=O)C(=O)C=2C=O. The van der Waals surface area contributed by atoms with Crippen LogP contribution in [0.25, 0.3) is 33.4 Å². The molecule has 0 saturated heterocycles. The van der Waals surface area contributed by atoms with E-state index < -0.39 is 88.1 Å². The lowest BCUT2D eigenvalue weighted by molar-refractivity contribution is -0.130. The Balaban J connectivity index is 1.34. The van der Waals surface area contributed by atoms with Crippen molar-refractivity contribution < 1.29 is 55.8 Å². The van der Waals surface area contributed by atoms with E-state index in [0.29, 0.717) is 0 Å². The average molecular weight is 1040 g/mol. The zero-order valence-corrected chi connectivity index (χ0v) is 41.6. The molecule has 0 amide bonds. The second-order valence-electron chi connectivity index (χ2n) is 17.4. The van der Waals surface area contributed by atoms with Gasteiger partial charge in [-0.05, 0) is 97.5 Å². The number of hydrogen-bond donors (Lipinski definition) is 8. The van der Waals surface area contributed by atoms with Crippen molar-refractivity contribution in [2.24, 2.45) is 11.8 Å². The van der Waals surface area contributed by atoms with E-state index in [4.69, 9.17) is 0 Å². The number of fused-ring (bicyclic) bond motifs is 2. The van der Waals surface area contributed by atoms with Crippen LogP contribution in [-0.4, -0.2) is 82.7 Å². The van der Waals surface area contributed by atoms with E-state index in [0.717, 1.165) is 0 Å². The number of rotatable bonds is 17. The van der Waals surface area contributed by atoms with Crippen molar-refractivity contribution in [1.82, 2.24) is 19.9 Å². The number of phenols is 2. The van der Waals surface area contributed by atoms with Gasteiger partial charge in [0.15, 0.2) is 12.6 Å². The Bertz CT molecular complexity index is 3650. The van der Waals surface area contributed by atoms with Crippen molar-refractivity contribution in [1.29, 1.82) is 0 Å². The second-order valence-corrected chi connectivity index (χ2v) is 20.7. The van der Waals surface area contributed by atoms with Crippen LogP contribution in [0.3, 0.4) is 0 Å². The standard InChI is InChI=1S/C50H44N10O12S2/c1-23(2)33-39-37(31(21-61)43(63)47(33)67)45(65)35(25(5)41(39)57-55-27-9-13-29(14-10-27)73(69,70)59-49-51-17-7-18-52-49)36-26(6)42(40-34(24(3)4)48(68)44(64)32(22-62)38(40)46(36)66)58-56-28-11-15-30(16-12-28)74(71,72)60-50-53-19-8-20-54-50/h7-24,55-58,65-66H,1-6H3,(H,51,52,59)(H,53,54,60). The number of carbonyl (C=O) groups excluding carboxylic acids is 6. The lowest BCUT2D eigenvalue weighted by Gasteiger charge is -2.27. The number of carbonyl (C=O) groups is 6. The minimum atomic E-state index is -4.16. The summed E-state index contributed by atoms with van der Waals surface area (Å²) in [7, 11) is -8.31. The highest BCUT2D eigenvalue weighted by atomic mass is 32.2. The molecule has 74 heavy (non-hydrogen) atoms. The number of phenolic OH excluding ortho intramolecular Hbond substituents is 2. The smallest absolute Gasteiger partial charge is 0.264 e. The van der Waals surface area contributed by atoms with Gasteiger partial charge in [0, 0.05) is 67.9 Å². The number of hydrazine groups is 2. The molecule has 378 valence electrons. The molecule has 0 radical (unpaired) electrons. The molecule has 0 fully saturated rings. The summed E-state index contributed by atoms with van der Waals surface area (Å²) in [5.41, 5.74) is 10.3. The zero-order chi connectivity index (χ0) is 53.6. The molecular weight excluding hydrogens is 997 g/mol. The highest BCUT2D eigenvalue weighted by molar-refractivity contribution is 7.93. The summed E-state index contributed by atoms with van der Waals surface area (Å²) in [6.07, 6.45) is 5.66. The predicted molar refractivity (Wildman–Crippen MR) is 272 cm³/mol. The first kappa shape index (κ1) is 51.2. The van der Waals surface area contributed by atoms with Crippen LogP contribution in [0.4, 0.5) is 34.6 Å². The summed E-state index contributed by atoms with van der Waals surface area (Å²) in [6, 6.07) is 13.7. The Morgan fingerprint density at radius 1 is 0.486 bits per heavy atom. The van der Waals surface area contributed by atoms with Crippen molar-refractivity contribution >= 4 is 113 Å². The van der Waals surface area contributed by atoms with Crippen molar-refractivity contribution in [3.63, 3.8) is 0 Å². The molecule has 24 heteroatoms. The quantitative estimate of drug-likeness (QED) is 0.0280. The number of nitrogens with one attached hydrogen (secondary N) is 6. The van der Waals surface area contributed by atoms with Crippen LogP contribution in [-0.2, 0) is 48.8 Å². The molecule has 6 aromatic rings. The number of aromatic nitrogens is 4. The number of Topliss-reactive ketones (excluding diaryl/α,β-unsaturated/α-hetero) is 4. The van der Waals surface area contributed by atoms with Crippen LogP contribution in [0.2, 0.25) is 0 Å². The van der Waals surface area contributed by atoms with E-state index in [2.05, 4.69) is 51.1 Å². The van der Waals surface area contributed by atoms with Crippen molar-refractivity contribution in [3.05, 3.63) is 117 Å². The summed E-state index contributed by atoms with van der Waals surface area (Å²) in [6.45, 7) is 9.43. The number of anilines is 6. The second kappa shape index (κ2) is 19.8. The zero-order valence-electron chi connectivity index (χ0n) is 40.0. The summed E-state index contributed by atoms with van der Waals surface area (Å²) in [4.78, 5) is 96.3. The highest BCUT2D eigenvalue weighted by Crippen LogP contribution is 2.42. The van der Waals surface area contributed by atoms with E-state index in [1.165, 1.54) is 99.3 Å². The van der Waals surface area contributed by atoms with Gasteiger partial charge < -0.3 is 21.1 Å². The van der Waals surface area contributed by atoms with Crippen LogP contribution in [0.15, 0.2) is 95.2 Å². The third-order valence-corrected chi connectivity index (χ3v) is 14.8. The molecule has 22 nitrogen and oxygen atoms in total. The lowest BCUT2D eigenvalue weighted by atomic mass is 9.80. The lowest BCUT2D eigenvalue weighted by Crippen LogP contribution is -2.46. The topological polar surface area (TPSA) is 335 Å². The van der Waals surface area contributed by atoms with E-state index >= 15 is 0 Å². The monoisotopic (exact) mass is 1040 g/mol. The third-order valence-electron chi connectivity index (χ3n) is 12.1. The first-order valence-electron chi connectivity index (χ1n) is 22.3. The van der Waals surface area contributed by atoms with E-state index in [9.17, 15) is 55.8 Å². The molecule has 8 N–H and O–H groups in total. The first-order chi connectivity index (χ1) is 35.1. The molecule has 2 aromatic heterocycles. The van der Waals surface area contributed by atoms with Gasteiger partial charge in [-0.2, -0.15) is 0 Å². The molecule has 0 aliphatic heterocycles. The van der Waals surface area contributed by atoms with Gasteiger partial charge in [0.25, 0.3) is 20.0 Å². The maximum absolute atomic E-state index is 13.9. The van der Waals surface area contributed by atoms with Crippen LogP contribution in [0, 0.1) is 25.7 Å². The van der Waals surface area contributed by atoms with Crippen molar-refractivity contribution in [3.8, 4) is 22.6 Å². The average Bonchev–Trinajstić information content (AvgIpc) is 3.36. The van der Waals surface area contributed by atoms with Gasteiger partial charge in [-0.15, -0.1) is 0 Å². The Kier molecular flexibility index (Phi) is 13.7. The van der Waals surface area contributed by atoms with E-state index in [1.807, 2.05) is 0 Å². The molecule has 0 bridgehead atoms. The molecule has 2 aliphatic rings. The molecule has 2 heterocycles. The Hall–Kier alpha value is -9.16. The van der Waals surface area contributed by atoms with Crippen molar-refractivity contribution in [2.75, 3.05) is 31.1 Å². The number of hydrogen-bond acceptors (Lipinski definition) is 20. The molecule has 8 rings (SSSR count). The molecule has 4 aromatic carbocycles. The normalized spacial score (nSPS) is 13.7. The maximum Gasteiger partial charge on any atom is 0.264 e. The fourth-order valence-corrected chi connectivity index (χ4v) is 10.7. The van der Waals surface area contributed by atoms with Crippen LogP contribution < -0.4 is 52.0 Å². The molecule has 0 unspecified atom stereocenters. The first-order valence-corrected chi connectivity index (χ1v) is 25.3. The van der Waals surface area contributed by atoms with Crippen LogP contribution >= 0.6 is 0 Å². The third kappa shape index (κ3) is 9.06. The number of sulfonamides is 2. The van der Waals surface area contributed by atoms with Crippen LogP contribution in [0.5, 0.6) is 11.5 Å². The largest absolute Gasteiger partial charge is 0.507 e. The molecule has 0 saturated carbocycles. The number of aromatic hydroxyl groups is 2. The number of benzene rings is 4. The summed E-state index contributed by atoms with van der Waals surface area (Å²) >= 11 is 0. The van der Waals surface area contributed by atoms with Gasteiger partial charge in [-0.25, -0.2) is 46.2 Å². The Labute approximate surface area is 421 Å². The number of aldehydes is 2. The molecule has 0 spiro atoms. The van der Waals surface area contributed by atoms with Gasteiger partial charge in [0.2, 0.25) is 35.0 Å². The Morgan fingerprint density at radius 2 is 0.811 bits per heavy atom. The van der Waals surface area contributed by atoms with Gasteiger partial charge in [0.05, 0.1) is 43.7 Å². The fraction of sp³-hybridized carbons (Fsp3) is 0.160. The van der Waals surface area contributed by atoms with Crippen LogP contribution in [0.1, 0.15) is 38.8 Å². The Morgan fingerprint density at radius 3 is 1.11 bits per heavy atom. The minimum Gasteiger partial charge on any atom is -0.507 e. The molecular formula is C50H44N10O12S2.